The number of amides is 2. The Morgan fingerprint density at radius 2 is 1.67 bits per heavy atom. The molecule has 1 atom stereocenters. The van der Waals surface area contributed by atoms with Crippen LogP contribution in [0.25, 0.3) is 0 Å². The van der Waals surface area contributed by atoms with Gasteiger partial charge >= 0.3 is 0 Å². The van der Waals surface area contributed by atoms with Crippen molar-refractivity contribution in [3.8, 4) is 0 Å². The first-order chi connectivity index (χ1) is 12.8. The van der Waals surface area contributed by atoms with E-state index >= 15 is 0 Å². The molecule has 0 unspecified atom stereocenters. The number of rotatable bonds is 7. The van der Waals surface area contributed by atoms with E-state index in [-0.39, 0.29) is 30.8 Å². The fourth-order valence-electron chi connectivity index (χ4n) is 2.78. The number of benzene rings is 2. The van der Waals surface area contributed by atoms with Crippen molar-refractivity contribution < 1.29 is 9.59 Å². The van der Waals surface area contributed by atoms with Crippen LogP contribution in [-0.4, -0.2) is 28.8 Å². The average Bonchev–Trinajstić information content (AvgIpc) is 2.61. The van der Waals surface area contributed by atoms with Gasteiger partial charge in [-0.15, -0.1) is 0 Å². The van der Waals surface area contributed by atoms with E-state index in [1.807, 2.05) is 63.2 Å². The quantitative estimate of drug-likeness (QED) is 0.777. The molecule has 0 aliphatic rings. The van der Waals surface area contributed by atoms with Gasteiger partial charge in [-0.2, -0.15) is 0 Å². The molecule has 4 nitrogen and oxygen atoms in total. The summed E-state index contributed by atoms with van der Waals surface area (Å²) >= 11 is 6.28. The molecule has 2 amide bonds. The summed E-state index contributed by atoms with van der Waals surface area (Å²) < 4.78 is 0. The van der Waals surface area contributed by atoms with Crippen LogP contribution in [0.2, 0.25) is 5.02 Å². The van der Waals surface area contributed by atoms with Gasteiger partial charge in [0, 0.05) is 17.6 Å². The normalized spacial score (nSPS) is 11.9. The summed E-state index contributed by atoms with van der Waals surface area (Å²) in [6.45, 7) is 7.85. The smallest absolute Gasteiger partial charge is 0.242 e. The van der Waals surface area contributed by atoms with E-state index in [9.17, 15) is 9.59 Å². The highest BCUT2D eigenvalue weighted by atomic mass is 35.5. The van der Waals surface area contributed by atoms with Gasteiger partial charge in [0.1, 0.15) is 6.04 Å². The van der Waals surface area contributed by atoms with Crippen molar-refractivity contribution in [1.29, 1.82) is 0 Å². The molecule has 2 rings (SSSR count). The Morgan fingerprint density at radius 3 is 2.26 bits per heavy atom. The molecule has 0 saturated heterocycles. The van der Waals surface area contributed by atoms with Crippen LogP contribution in [0.1, 0.15) is 37.5 Å². The van der Waals surface area contributed by atoms with E-state index in [1.54, 1.807) is 17.9 Å². The molecule has 0 fully saturated rings. The summed E-state index contributed by atoms with van der Waals surface area (Å²) in [5, 5.41) is 3.47. The predicted molar refractivity (Wildman–Crippen MR) is 110 cm³/mol. The summed E-state index contributed by atoms with van der Waals surface area (Å²) in [5.41, 5.74) is 2.88. The van der Waals surface area contributed by atoms with Crippen LogP contribution in [0, 0.1) is 6.92 Å². The molecular formula is C22H27ClN2O2. The van der Waals surface area contributed by atoms with Gasteiger partial charge < -0.3 is 10.2 Å². The second-order valence-corrected chi connectivity index (χ2v) is 7.52. The van der Waals surface area contributed by atoms with Gasteiger partial charge in [0.15, 0.2) is 0 Å². The molecule has 27 heavy (non-hydrogen) atoms. The van der Waals surface area contributed by atoms with Gasteiger partial charge in [0.25, 0.3) is 0 Å². The molecular weight excluding hydrogens is 360 g/mol. The fraction of sp³-hybridized carbons (Fsp3) is 0.364. The molecule has 0 bridgehead atoms. The van der Waals surface area contributed by atoms with Gasteiger partial charge in [-0.3, -0.25) is 9.59 Å². The molecule has 144 valence electrons. The van der Waals surface area contributed by atoms with E-state index in [1.165, 1.54) is 0 Å². The number of nitrogens with one attached hydrogen (secondary N) is 1. The molecule has 0 radical (unpaired) electrons. The SMILES string of the molecule is Cc1ccc(CC(=O)N(Cc2ccccc2Cl)[C@H](C)C(=O)NC(C)C)cc1. The topological polar surface area (TPSA) is 49.4 Å². The van der Waals surface area contributed by atoms with Crippen molar-refractivity contribution >= 4 is 23.4 Å². The average molecular weight is 387 g/mol. The summed E-state index contributed by atoms with van der Waals surface area (Å²) in [6.07, 6.45) is 0.240. The number of aryl methyl sites for hydroxylation is 1. The first-order valence-electron chi connectivity index (χ1n) is 9.16. The van der Waals surface area contributed by atoms with E-state index in [0.717, 1.165) is 16.7 Å². The Labute approximate surface area is 166 Å². The van der Waals surface area contributed by atoms with Crippen LogP contribution in [0.4, 0.5) is 0 Å². The lowest BCUT2D eigenvalue weighted by atomic mass is 10.1. The number of carbonyl (C=O) groups excluding carboxylic acids is 2. The largest absolute Gasteiger partial charge is 0.352 e. The monoisotopic (exact) mass is 386 g/mol. The maximum absolute atomic E-state index is 13.0. The first-order valence-corrected chi connectivity index (χ1v) is 9.54. The molecule has 0 saturated carbocycles. The Morgan fingerprint density at radius 1 is 1.04 bits per heavy atom. The number of hydrogen-bond acceptors (Lipinski definition) is 2. The molecule has 2 aromatic carbocycles. The first kappa shape index (κ1) is 21.0. The molecule has 0 aliphatic carbocycles. The Bertz CT molecular complexity index is 787. The zero-order chi connectivity index (χ0) is 20.0. The lowest BCUT2D eigenvalue weighted by Gasteiger charge is -2.29. The minimum atomic E-state index is -0.596. The van der Waals surface area contributed by atoms with Crippen LogP contribution in [0.3, 0.4) is 0 Å². The third kappa shape index (κ3) is 6.10. The summed E-state index contributed by atoms with van der Waals surface area (Å²) in [4.78, 5) is 27.2. The second kappa shape index (κ2) is 9.56. The summed E-state index contributed by atoms with van der Waals surface area (Å²) in [5.74, 6) is -0.278. The van der Waals surface area contributed by atoms with Crippen molar-refractivity contribution in [2.75, 3.05) is 0 Å². The fourth-order valence-corrected chi connectivity index (χ4v) is 2.98. The van der Waals surface area contributed by atoms with Gasteiger partial charge in [-0.1, -0.05) is 59.6 Å². The molecule has 0 aromatic heterocycles. The summed E-state index contributed by atoms with van der Waals surface area (Å²) in [6, 6.07) is 14.7. The number of halogens is 1. The van der Waals surface area contributed by atoms with Crippen molar-refractivity contribution in [2.45, 2.75) is 52.7 Å². The third-order valence-corrected chi connectivity index (χ3v) is 4.74. The molecule has 0 heterocycles. The van der Waals surface area contributed by atoms with Gasteiger partial charge in [0.2, 0.25) is 11.8 Å². The zero-order valence-corrected chi connectivity index (χ0v) is 17.1. The number of nitrogens with zero attached hydrogens (tertiary/aromatic N) is 1. The van der Waals surface area contributed by atoms with Crippen LogP contribution in [0.15, 0.2) is 48.5 Å². The van der Waals surface area contributed by atoms with Crippen molar-refractivity contribution in [1.82, 2.24) is 10.2 Å². The molecule has 5 heteroatoms. The highest BCUT2D eigenvalue weighted by Gasteiger charge is 2.27. The second-order valence-electron chi connectivity index (χ2n) is 7.11. The Hall–Kier alpha value is -2.33. The Balaban J connectivity index is 2.24. The summed E-state index contributed by atoms with van der Waals surface area (Å²) in [7, 11) is 0. The van der Waals surface area contributed by atoms with Crippen molar-refractivity contribution in [3.63, 3.8) is 0 Å². The van der Waals surface area contributed by atoms with E-state index in [4.69, 9.17) is 11.6 Å². The molecule has 1 N–H and O–H groups in total. The molecule has 0 aliphatic heterocycles. The third-order valence-electron chi connectivity index (χ3n) is 4.37. The van der Waals surface area contributed by atoms with Gasteiger partial charge in [-0.05, 0) is 44.9 Å². The predicted octanol–water partition coefficient (Wildman–Crippen LogP) is 4.13. The lowest BCUT2D eigenvalue weighted by Crippen LogP contribution is -2.49. The minimum absolute atomic E-state index is 0.00862. The van der Waals surface area contributed by atoms with Crippen LogP contribution in [-0.2, 0) is 22.6 Å². The van der Waals surface area contributed by atoms with Gasteiger partial charge in [-0.25, -0.2) is 0 Å². The van der Waals surface area contributed by atoms with Crippen LogP contribution < -0.4 is 5.32 Å². The zero-order valence-electron chi connectivity index (χ0n) is 16.3. The maximum atomic E-state index is 13.0. The molecule has 2 aromatic rings. The van der Waals surface area contributed by atoms with E-state index < -0.39 is 6.04 Å². The van der Waals surface area contributed by atoms with Crippen molar-refractivity contribution in [2.24, 2.45) is 0 Å². The van der Waals surface area contributed by atoms with Gasteiger partial charge in [0.05, 0.1) is 6.42 Å². The van der Waals surface area contributed by atoms with E-state index in [2.05, 4.69) is 5.32 Å². The van der Waals surface area contributed by atoms with Crippen LogP contribution in [0.5, 0.6) is 0 Å². The Kier molecular flexibility index (Phi) is 7.43. The number of carbonyl (C=O) groups is 2. The lowest BCUT2D eigenvalue weighted by molar-refractivity contribution is -0.140. The highest BCUT2D eigenvalue weighted by Crippen LogP contribution is 2.19. The highest BCUT2D eigenvalue weighted by molar-refractivity contribution is 6.31. The minimum Gasteiger partial charge on any atom is -0.352 e. The van der Waals surface area contributed by atoms with Crippen LogP contribution >= 0.6 is 11.6 Å². The number of hydrogen-bond donors (Lipinski definition) is 1. The van der Waals surface area contributed by atoms with Crippen molar-refractivity contribution in [3.05, 3.63) is 70.2 Å². The molecule has 0 spiro atoms. The maximum Gasteiger partial charge on any atom is 0.242 e. The van der Waals surface area contributed by atoms with E-state index in [0.29, 0.717) is 5.02 Å². The standard InChI is InChI=1S/C22H27ClN2O2/c1-15(2)24-22(27)17(4)25(14-19-7-5-6-8-20(19)23)21(26)13-18-11-9-16(3)10-12-18/h5-12,15,17H,13-14H2,1-4H3,(H,24,27)/t17-/m1/s1.